The van der Waals surface area contributed by atoms with E-state index in [1.54, 1.807) is 7.11 Å². The minimum Gasteiger partial charge on any atom is -0.493 e. The Morgan fingerprint density at radius 1 is 1.07 bits per heavy atom. The molecule has 0 unspecified atom stereocenters. The van der Waals surface area contributed by atoms with Crippen molar-refractivity contribution in [3.05, 3.63) is 59.7 Å². The molecule has 6 heteroatoms. The lowest BCUT2D eigenvalue weighted by Crippen LogP contribution is -2.46. The van der Waals surface area contributed by atoms with Crippen LogP contribution in [0.3, 0.4) is 0 Å². The van der Waals surface area contributed by atoms with Crippen molar-refractivity contribution in [2.24, 2.45) is 0 Å². The molecule has 0 bridgehead atoms. The lowest BCUT2D eigenvalue weighted by molar-refractivity contribution is -0.122. The molecule has 1 aliphatic rings. The van der Waals surface area contributed by atoms with Crippen LogP contribution in [0.4, 0.5) is 0 Å². The maximum Gasteiger partial charge on any atom is 0.253 e. The highest BCUT2D eigenvalue weighted by Gasteiger charge is 2.24. The van der Waals surface area contributed by atoms with E-state index >= 15 is 0 Å². The molecule has 0 spiro atoms. The second kappa shape index (κ2) is 10.7. The summed E-state index contributed by atoms with van der Waals surface area (Å²) in [5, 5.41) is 3.12. The Morgan fingerprint density at radius 3 is 2.47 bits per heavy atom. The third kappa shape index (κ3) is 5.75. The topological polar surface area (TPSA) is 67.9 Å². The Morgan fingerprint density at radius 2 is 1.80 bits per heavy atom. The van der Waals surface area contributed by atoms with Gasteiger partial charge in [-0.1, -0.05) is 24.3 Å². The molecule has 2 aromatic carbocycles. The van der Waals surface area contributed by atoms with Crippen LogP contribution in [-0.2, 0) is 11.2 Å². The first-order valence-corrected chi connectivity index (χ1v) is 10.5. The van der Waals surface area contributed by atoms with Gasteiger partial charge in [-0.05, 0) is 56.0 Å². The predicted molar refractivity (Wildman–Crippen MR) is 116 cm³/mol. The van der Waals surface area contributed by atoms with E-state index in [9.17, 15) is 9.59 Å². The maximum atomic E-state index is 12.5. The first kappa shape index (κ1) is 21.7. The molecule has 6 nitrogen and oxygen atoms in total. The zero-order valence-electron chi connectivity index (χ0n) is 17.7. The molecule has 0 saturated carbocycles. The van der Waals surface area contributed by atoms with Gasteiger partial charge in [0.05, 0.1) is 13.7 Å². The summed E-state index contributed by atoms with van der Waals surface area (Å²) in [7, 11) is 1.61. The van der Waals surface area contributed by atoms with Crippen LogP contribution in [0.1, 0.15) is 42.1 Å². The monoisotopic (exact) mass is 410 g/mol. The second-order valence-corrected chi connectivity index (χ2v) is 7.42. The third-order valence-electron chi connectivity index (χ3n) is 5.34. The molecule has 1 heterocycles. The molecule has 0 atom stereocenters. The number of carbonyl (C=O) groups is 2. The van der Waals surface area contributed by atoms with Crippen LogP contribution < -0.4 is 14.8 Å². The highest BCUT2D eigenvalue weighted by molar-refractivity contribution is 5.94. The van der Waals surface area contributed by atoms with E-state index < -0.39 is 0 Å². The van der Waals surface area contributed by atoms with Crippen molar-refractivity contribution in [1.82, 2.24) is 10.2 Å². The SMILES string of the molecule is CCOc1ccc(CCC(=O)NC2CCN(C(=O)c3ccccc3)CC2)cc1OC. The van der Waals surface area contributed by atoms with Crippen LogP contribution >= 0.6 is 0 Å². The van der Waals surface area contributed by atoms with Crippen LogP contribution in [0, 0.1) is 0 Å². The molecule has 2 aromatic rings. The number of hydrogen-bond donors (Lipinski definition) is 1. The van der Waals surface area contributed by atoms with Gasteiger partial charge in [0.1, 0.15) is 0 Å². The fraction of sp³-hybridized carbons (Fsp3) is 0.417. The molecule has 1 saturated heterocycles. The smallest absolute Gasteiger partial charge is 0.253 e. The maximum absolute atomic E-state index is 12.5. The first-order chi connectivity index (χ1) is 14.6. The Bertz CT molecular complexity index is 846. The summed E-state index contributed by atoms with van der Waals surface area (Å²) in [6.07, 6.45) is 2.61. The van der Waals surface area contributed by atoms with Crippen molar-refractivity contribution in [3.8, 4) is 11.5 Å². The number of rotatable bonds is 8. The molecule has 1 fully saturated rings. The molecule has 3 rings (SSSR count). The minimum absolute atomic E-state index is 0.0377. The average Bonchev–Trinajstić information content (AvgIpc) is 2.79. The van der Waals surface area contributed by atoms with E-state index in [0.717, 1.165) is 18.4 Å². The number of piperidine rings is 1. The second-order valence-electron chi connectivity index (χ2n) is 7.42. The van der Waals surface area contributed by atoms with Gasteiger partial charge in [0.25, 0.3) is 5.91 Å². The van der Waals surface area contributed by atoms with Gasteiger partial charge in [0.15, 0.2) is 11.5 Å². The summed E-state index contributed by atoms with van der Waals surface area (Å²) < 4.78 is 10.9. The average molecular weight is 411 g/mol. The summed E-state index contributed by atoms with van der Waals surface area (Å²) in [5.41, 5.74) is 1.75. The number of ether oxygens (including phenoxy) is 2. The van der Waals surface area contributed by atoms with Crippen LogP contribution in [0.2, 0.25) is 0 Å². The zero-order chi connectivity index (χ0) is 21.3. The number of methoxy groups -OCH3 is 1. The first-order valence-electron chi connectivity index (χ1n) is 10.5. The van der Waals surface area contributed by atoms with Gasteiger partial charge >= 0.3 is 0 Å². The largest absolute Gasteiger partial charge is 0.493 e. The zero-order valence-corrected chi connectivity index (χ0v) is 17.7. The van der Waals surface area contributed by atoms with Crippen molar-refractivity contribution in [2.75, 3.05) is 26.8 Å². The quantitative estimate of drug-likeness (QED) is 0.724. The summed E-state index contributed by atoms with van der Waals surface area (Å²) in [5.74, 6) is 1.50. The van der Waals surface area contributed by atoms with Gasteiger partial charge in [0.2, 0.25) is 5.91 Å². The van der Waals surface area contributed by atoms with Crippen molar-refractivity contribution >= 4 is 11.8 Å². The Balaban J connectivity index is 1.43. The molecule has 1 N–H and O–H groups in total. The number of amides is 2. The third-order valence-corrected chi connectivity index (χ3v) is 5.34. The van der Waals surface area contributed by atoms with Gasteiger partial charge in [-0.25, -0.2) is 0 Å². The van der Waals surface area contributed by atoms with Gasteiger partial charge in [0, 0.05) is 31.1 Å². The van der Waals surface area contributed by atoms with Crippen molar-refractivity contribution < 1.29 is 19.1 Å². The summed E-state index contributed by atoms with van der Waals surface area (Å²) in [6.45, 7) is 3.83. The van der Waals surface area contributed by atoms with E-state index in [2.05, 4.69) is 5.32 Å². The van der Waals surface area contributed by atoms with E-state index in [4.69, 9.17) is 9.47 Å². The molecule has 2 amide bonds. The Kier molecular flexibility index (Phi) is 7.71. The van der Waals surface area contributed by atoms with Crippen molar-refractivity contribution in [2.45, 2.75) is 38.6 Å². The molecule has 0 aliphatic carbocycles. The van der Waals surface area contributed by atoms with Crippen molar-refractivity contribution in [1.29, 1.82) is 0 Å². The van der Waals surface area contributed by atoms with E-state index in [1.807, 2.05) is 60.4 Å². The summed E-state index contributed by atoms with van der Waals surface area (Å²) >= 11 is 0. The standard InChI is InChI=1S/C24H30N2O4/c1-3-30-21-11-9-18(17-22(21)29-2)10-12-23(27)25-20-13-15-26(16-14-20)24(28)19-7-5-4-6-8-19/h4-9,11,17,20H,3,10,12-16H2,1-2H3,(H,25,27). The summed E-state index contributed by atoms with van der Waals surface area (Å²) in [4.78, 5) is 26.8. The molecule has 30 heavy (non-hydrogen) atoms. The lowest BCUT2D eigenvalue weighted by atomic mass is 10.0. The van der Waals surface area contributed by atoms with Crippen LogP contribution in [0.25, 0.3) is 0 Å². The minimum atomic E-state index is 0.0377. The Labute approximate surface area is 178 Å². The molecular weight excluding hydrogens is 380 g/mol. The number of hydrogen-bond acceptors (Lipinski definition) is 4. The fourth-order valence-electron chi connectivity index (χ4n) is 3.69. The van der Waals surface area contributed by atoms with Crippen LogP contribution in [0.15, 0.2) is 48.5 Å². The Hall–Kier alpha value is -3.02. The summed E-state index contributed by atoms with van der Waals surface area (Å²) in [6, 6.07) is 15.2. The van der Waals surface area contributed by atoms with Crippen LogP contribution in [0.5, 0.6) is 11.5 Å². The fourth-order valence-corrected chi connectivity index (χ4v) is 3.69. The number of nitrogens with one attached hydrogen (secondary N) is 1. The van der Waals surface area contributed by atoms with E-state index in [0.29, 0.717) is 49.6 Å². The highest BCUT2D eigenvalue weighted by atomic mass is 16.5. The van der Waals surface area contributed by atoms with Crippen molar-refractivity contribution in [3.63, 3.8) is 0 Å². The van der Waals surface area contributed by atoms with Gasteiger partial charge in [-0.2, -0.15) is 0 Å². The van der Waals surface area contributed by atoms with Gasteiger partial charge < -0.3 is 19.7 Å². The molecule has 160 valence electrons. The molecule has 1 aliphatic heterocycles. The number of likely N-dealkylation sites (tertiary alicyclic amines) is 1. The predicted octanol–water partition coefficient (Wildman–Crippen LogP) is 3.45. The van der Waals surface area contributed by atoms with E-state index in [1.165, 1.54) is 0 Å². The van der Waals surface area contributed by atoms with E-state index in [-0.39, 0.29) is 17.9 Å². The molecular formula is C24H30N2O4. The number of aryl methyl sites for hydroxylation is 1. The molecule has 0 aromatic heterocycles. The lowest BCUT2D eigenvalue weighted by Gasteiger charge is -2.32. The number of benzene rings is 2. The van der Waals surface area contributed by atoms with Gasteiger partial charge in [-0.3, -0.25) is 9.59 Å². The van der Waals surface area contributed by atoms with Crippen LogP contribution in [-0.4, -0.2) is 49.6 Å². The van der Waals surface area contributed by atoms with Gasteiger partial charge in [-0.15, -0.1) is 0 Å². The highest BCUT2D eigenvalue weighted by Crippen LogP contribution is 2.28. The normalized spacial score (nSPS) is 14.3. The number of nitrogens with zero attached hydrogens (tertiary/aromatic N) is 1. The number of carbonyl (C=O) groups excluding carboxylic acids is 2. The molecule has 0 radical (unpaired) electrons.